The van der Waals surface area contributed by atoms with Crippen molar-refractivity contribution in [2.45, 2.75) is 25.0 Å². The predicted octanol–water partition coefficient (Wildman–Crippen LogP) is 0.510. The van der Waals surface area contributed by atoms with Crippen LogP contribution in [0.2, 0.25) is 0 Å². The number of rotatable bonds is 3. The van der Waals surface area contributed by atoms with Crippen molar-refractivity contribution in [1.82, 2.24) is 4.90 Å². The summed E-state index contributed by atoms with van der Waals surface area (Å²) in [5, 5.41) is 18.9. The van der Waals surface area contributed by atoms with Gasteiger partial charge in [-0.1, -0.05) is 0 Å². The normalized spacial score (nSPS) is 23.2. The zero-order valence-corrected chi connectivity index (χ0v) is 11.0. The van der Waals surface area contributed by atoms with Crippen LogP contribution in [0.15, 0.2) is 18.2 Å². The Balaban J connectivity index is 2.14. The van der Waals surface area contributed by atoms with Gasteiger partial charge in [0.2, 0.25) is 0 Å². The molecule has 0 bridgehead atoms. The quantitative estimate of drug-likeness (QED) is 0.842. The molecule has 3 N–H and O–H groups in total. The second-order valence-electron chi connectivity index (χ2n) is 5.13. The fourth-order valence-electron chi connectivity index (χ4n) is 2.47. The zero-order chi connectivity index (χ0) is 14.8. The Morgan fingerprint density at radius 3 is 3.00 bits per heavy atom. The number of nitriles is 1. The molecular weight excluding hydrogens is 261 g/mol. The molecule has 1 fully saturated rings. The van der Waals surface area contributed by atoms with Gasteiger partial charge in [0.15, 0.2) is 5.60 Å². The fourth-order valence-corrected chi connectivity index (χ4v) is 2.47. The number of piperidine rings is 1. The van der Waals surface area contributed by atoms with Crippen LogP contribution in [-0.4, -0.2) is 34.6 Å². The van der Waals surface area contributed by atoms with Gasteiger partial charge in [0.25, 0.3) is 5.91 Å². The first-order chi connectivity index (χ1) is 9.44. The molecule has 1 heterocycles. The van der Waals surface area contributed by atoms with Gasteiger partial charge in [-0.15, -0.1) is 0 Å². The maximum atomic E-state index is 13.7. The van der Waals surface area contributed by atoms with Gasteiger partial charge in [0.1, 0.15) is 5.82 Å². The molecule has 1 atom stereocenters. The summed E-state index contributed by atoms with van der Waals surface area (Å²) in [6.07, 6.45) is 0.929. The van der Waals surface area contributed by atoms with E-state index in [-0.39, 0.29) is 13.1 Å². The smallest absolute Gasteiger partial charge is 0.250 e. The first-order valence-electron chi connectivity index (χ1n) is 6.38. The number of β-amino-alcohol motifs (C(OH)–C–C–N with tert-alkyl or cyclic N) is 1. The van der Waals surface area contributed by atoms with Crippen LogP contribution in [-0.2, 0) is 11.3 Å². The minimum absolute atomic E-state index is 0.0819. The summed E-state index contributed by atoms with van der Waals surface area (Å²) < 4.78 is 13.7. The van der Waals surface area contributed by atoms with Crippen LogP contribution >= 0.6 is 0 Å². The summed E-state index contributed by atoms with van der Waals surface area (Å²) in [4.78, 5) is 13.0. The number of primary amides is 1. The van der Waals surface area contributed by atoms with Crippen LogP contribution in [0.25, 0.3) is 0 Å². The lowest BCUT2D eigenvalue weighted by Gasteiger charge is -2.37. The van der Waals surface area contributed by atoms with Gasteiger partial charge in [-0.05, 0) is 37.6 Å². The SMILES string of the molecule is N#Cc1ccc(F)c(CN2CCCC(O)(C(N)=O)C2)c1. The lowest BCUT2D eigenvalue weighted by atomic mass is 9.92. The first kappa shape index (κ1) is 14.4. The number of nitrogens with two attached hydrogens (primary N) is 1. The monoisotopic (exact) mass is 277 g/mol. The average molecular weight is 277 g/mol. The molecule has 106 valence electrons. The van der Waals surface area contributed by atoms with E-state index >= 15 is 0 Å². The van der Waals surface area contributed by atoms with Crippen molar-refractivity contribution in [2.75, 3.05) is 13.1 Å². The molecule has 2 rings (SSSR count). The first-order valence-corrected chi connectivity index (χ1v) is 6.38. The molecule has 0 radical (unpaired) electrons. The van der Waals surface area contributed by atoms with Gasteiger partial charge in [-0.2, -0.15) is 5.26 Å². The van der Waals surface area contributed by atoms with E-state index in [0.717, 1.165) is 0 Å². The van der Waals surface area contributed by atoms with E-state index in [1.165, 1.54) is 18.2 Å². The van der Waals surface area contributed by atoms with Crippen molar-refractivity contribution in [2.24, 2.45) is 5.73 Å². The number of nitrogens with zero attached hydrogens (tertiary/aromatic N) is 2. The molecule has 20 heavy (non-hydrogen) atoms. The van der Waals surface area contributed by atoms with Crippen molar-refractivity contribution < 1.29 is 14.3 Å². The molecular formula is C14H16FN3O2. The molecule has 1 amide bonds. The Bertz CT molecular complexity index is 570. The third-order valence-electron chi connectivity index (χ3n) is 3.58. The minimum atomic E-state index is -1.55. The van der Waals surface area contributed by atoms with Crippen LogP contribution < -0.4 is 5.73 Å². The lowest BCUT2D eigenvalue weighted by molar-refractivity contribution is -0.142. The molecule has 1 saturated heterocycles. The molecule has 0 saturated carbocycles. The molecule has 1 aromatic rings. The third-order valence-corrected chi connectivity index (χ3v) is 3.58. The Hall–Kier alpha value is -1.97. The Morgan fingerprint density at radius 2 is 2.35 bits per heavy atom. The van der Waals surface area contributed by atoms with E-state index in [2.05, 4.69) is 0 Å². The zero-order valence-electron chi connectivity index (χ0n) is 11.0. The van der Waals surface area contributed by atoms with Gasteiger partial charge < -0.3 is 10.8 Å². The van der Waals surface area contributed by atoms with Crippen LogP contribution in [0, 0.1) is 17.1 Å². The summed E-state index contributed by atoms with van der Waals surface area (Å²) in [5.74, 6) is -1.16. The second kappa shape index (κ2) is 5.57. The molecule has 0 spiro atoms. The molecule has 1 aromatic carbocycles. The van der Waals surface area contributed by atoms with Gasteiger partial charge in [0.05, 0.1) is 11.6 Å². The number of amides is 1. The van der Waals surface area contributed by atoms with E-state index in [4.69, 9.17) is 11.0 Å². The number of hydrogen-bond acceptors (Lipinski definition) is 4. The third kappa shape index (κ3) is 2.95. The van der Waals surface area contributed by atoms with Crippen LogP contribution in [0.5, 0.6) is 0 Å². The summed E-state index contributed by atoms with van der Waals surface area (Å²) in [7, 11) is 0. The van der Waals surface area contributed by atoms with Gasteiger partial charge in [-0.3, -0.25) is 9.69 Å². The molecule has 1 aliphatic heterocycles. The topological polar surface area (TPSA) is 90.3 Å². The fraction of sp³-hybridized carbons (Fsp3) is 0.429. The van der Waals surface area contributed by atoms with E-state index < -0.39 is 17.3 Å². The molecule has 6 heteroatoms. The van der Waals surface area contributed by atoms with Gasteiger partial charge in [0, 0.05) is 18.7 Å². The Labute approximate surface area is 116 Å². The number of benzene rings is 1. The van der Waals surface area contributed by atoms with Crippen LogP contribution in [0.3, 0.4) is 0 Å². The summed E-state index contributed by atoms with van der Waals surface area (Å²) in [6.45, 7) is 0.960. The van der Waals surface area contributed by atoms with Crippen LogP contribution in [0.4, 0.5) is 4.39 Å². The lowest BCUT2D eigenvalue weighted by Crippen LogP contribution is -2.55. The Morgan fingerprint density at radius 1 is 1.60 bits per heavy atom. The number of aliphatic hydroxyl groups is 1. The van der Waals surface area contributed by atoms with Crippen molar-refractivity contribution in [1.29, 1.82) is 5.26 Å². The van der Waals surface area contributed by atoms with Crippen LogP contribution in [0.1, 0.15) is 24.0 Å². The average Bonchev–Trinajstić information content (AvgIpc) is 2.41. The summed E-state index contributed by atoms with van der Waals surface area (Å²) in [6, 6.07) is 6.10. The van der Waals surface area contributed by atoms with Crippen molar-refractivity contribution >= 4 is 5.91 Å². The standard InChI is InChI=1S/C14H16FN3O2/c15-12-3-2-10(7-16)6-11(12)8-18-5-1-4-14(20,9-18)13(17)19/h2-3,6,20H,1,4-5,8-9H2,(H2,17,19). The number of likely N-dealkylation sites (tertiary alicyclic amines) is 1. The second-order valence-corrected chi connectivity index (χ2v) is 5.13. The highest BCUT2D eigenvalue weighted by Crippen LogP contribution is 2.23. The maximum absolute atomic E-state index is 13.7. The predicted molar refractivity (Wildman–Crippen MR) is 69.8 cm³/mol. The summed E-state index contributed by atoms with van der Waals surface area (Å²) in [5.41, 5.74) is 4.40. The van der Waals surface area contributed by atoms with E-state index in [0.29, 0.717) is 30.5 Å². The number of hydrogen-bond donors (Lipinski definition) is 2. The van der Waals surface area contributed by atoms with Gasteiger partial charge >= 0.3 is 0 Å². The highest BCUT2D eigenvalue weighted by molar-refractivity contribution is 5.83. The van der Waals surface area contributed by atoms with E-state index in [1.807, 2.05) is 6.07 Å². The molecule has 0 aromatic heterocycles. The number of carbonyl (C=O) groups excluding carboxylic acids is 1. The largest absolute Gasteiger partial charge is 0.379 e. The van der Waals surface area contributed by atoms with Crippen molar-refractivity contribution in [3.05, 3.63) is 35.1 Å². The maximum Gasteiger partial charge on any atom is 0.250 e. The molecule has 1 unspecified atom stereocenters. The van der Waals surface area contributed by atoms with Gasteiger partial charge in [-0.25, -0.2) is 4.39 Å². The van der Waals surface area contributed by atoms with E-state index in [1.54, 1.807) is 4.90 Å². The molecule has 0 aliphatic carbocycles. The Kier molecular flexibility index (Phi) is 4.02. The highest BCUT2D eigenvalue weighted by Gasteiger charge is 2.38. The van der Waals surface area contributed by atoms with Crippen molar-refractivity contribution in [3.63, 3.8) is 0 Å². The summed E-state index contributed by atoms with van der Waals surface area (Å²) >= 11 is 0. The minimum Gasteiger partial charge on any atom is -0.379 e. The number of carbonyl (C=O) groups is 1. The molecule has 5 nitrogen and oxygen atoms in total. The van der Waals surface area contributed by atoms with Crippen molar-refractivity contribution in [3.8, 4) is 6.07 Å². The number of halogens is 1. The highest BCUT2D eigenvalue weighted by atomic mass is 19.1. The molecule has 1 aliphatic rings. The van der Waals surface area contributed by atoms with E-state index in [9.17, 15) is 14.3 Å².